The van der Waals surface area contributed by atoms with Gasteiger partial charge in [0.2, 0.25) is 29.6 Å². The van der Waals surface area contributed by atoms with Crippen molar-refractivity contribution in [3.05, 3.63) is 58.1 Å². The Hall–Kier alpha value is -9.11. The first-order valence-electron chi connectivity index (χ1n) is 19.2. The SMILES string of the molecule is O=C(O)C[C@H]1C(=O)O[C@H]2[C@@H]3OC(=O)c4cc(O)c(O)c(O)c4-c4c(cc(O)c(O)c4O)C(=O)OC[C@H]2O[C@@H](OC(=O)c2cc(O)c(O)c(O)c2)[C@@H]3OC(=O)c2cc(O)c(O)c3c2[C@H]1[C@@H](O)C(=O)O3. The second-order valence-electron chi connectivity index (χ2n) is 15.2. The zero-order valence-corrected chi connectivity index (χ0v) is 33.4. The number of carbonyl (C=O) groups excluding carboxylic acids is 6. The number of benzene rings is 4. The number of esters is 6. The van der Waals surface area contributed by atoms with Crippen LogP contribution in [0.5, 0.6) is 69.0 Å². The van der Waals surface area contributed by atoms with Crippen LogP contribution < -0.4 is 4.74 Å². The summed E-state index contributed by atoms with van der Waals surface area (Å²) in [6, 6.07) is 2.36. The molecule has 68 heavy (non-hydrogen) atoms. The van der Waals surface area contributed by atoms with E-state index in [0.29, 0.717) is 30.3 Å². The Labute approximate surface area is 374 Å². The van der Waals surface area contributed by atoms with Gasteiger partial charge in [-0.2, -0.15) is 0 Å². The number of hydrogen-bond donors (Lipinski definition) is 13. The Morgan fingerprint density at radius 1 is 0.588 bits per heavy atom. The van der Waals surface area contributed by atoms with Gasteiger partial charge in [-0.25, -0.2) is 24.0 Å². The molecule has 0 radical (unpaired) electrons. The van der Waals surface area contributed by atoms with Crippen molar-refractivity contribution in [3.8, 4) is 80.1 Å². The van der Waals surface area contributed by atoms with Gasteiger partial charge in [0.05, 0.1) is 34.6 Å². The lowest BCUT2D eigenvalue weighted by atomic mass is 9.76. The lowest BCUT2D eigenvalue weighted by Crippen LogP contribution is -2.63. The summed E-state index contributed by atoms with van der Waals surface area (Å²) in [5, 5.41) is 137. The number of ether oxygens (including phenoxy) is 7. The van der Waals surface area contributed by atoms with Crippen molar-refractivity contribution in [2.45, 2.75) is 49.1 Å². The van der Waals surface area contributed by atoms with Gasteiger partial charge >= 0.3 is 41.8 Å². The van der Waals surface area contributed by atoms with Gasteiger partial charge in [0, 0.05) is 22.6 Å². The number of phenolic OH excluding ortho intramolecular Hbond substituents is 11. The van der Waals surface area contributed by atoms with Crippen LogP contribution in [-0.2, 0) is 42.8 Å². The number of carboxylic acid groups (broad SMARTS) is 1. The van der Waals surface area contributed by atoms with Crippen LogP contribution in [0.4, 0.5) is 0 Å². The fraction of sp³-hybridized carbons (Fsp3) is 0.244. The van der Waals surface area contributed by atoms with E-state index < -0.39 is 211 Å². The van der Waals surface area contributed by atoms with Gasteiger partial charge in [0.15, 0.2) is 70.1 Å². The number of carboxylic acids is 1. The number of aliphatic carboxylic acids is 1. The third-order valence-corrected chi connectivity index (χ3v) is 11.2. The summed E-state index contributed by atoms with van der Waals surface area (Å²) >= 11 is 0. The zero-order chi connectivity index (χ0) is 49.5. The number of carbonyl (C=O) groups is 7. The molecule has 27 nitrogen and oxygen atoms in total. The van der Waals surface area contributed by atoms with E-state index in [4.69, 9.17) is 33.2 Å². The predicted octanol–water partition coefficient (Wildman–Crippen LogP) is -0.00170. The second kappa shape index (κ2) is 16.4. The van der Waals surface area contributed by atoms with Crippen molar-refractivity contribution in [3.63, 3.8) is 0 Å². The highest BCUT2D eigenvalue weighted by Gasteiger charge is 2.58. The fourth-order valence-corrected chi connectivity index (χ4v) is 8.04. The predicted molar refractivity (Wildman–Crippen MR) is 206 cm³/mol. The molecule has 1 fully saturated rings. The van der Waals surface area contributed by atoms with Crippen LogP contribution in [0.3, 0.4) is 0 Å². The molecule has 356 valence electrons. The molecule has 4 aromatic carbocycles. The van der Waals surface area contributed by atoms with E-state index in [9.17, 15) is 99.9 Å². The molecule has 0 aliphatic carbocycles. The highest BCUT2D eigenvalue weighted by Crippen LogP contribution is 2.54. The van der Waals surface area contributed by atoms with E-state index in [-0.39, 0.29) is 0 Å². The van der Waals surface area contributed by atoms with Gasteiger partial charge in [-0.3, -0.25) is 9.59 Å². The van der Waals surface area contributed by atoms with Gasteiger partial charge in [-0.15, -0.1) is 0 Å². The van der Waals surface area contributed by atoms with E-state index >= 15 is 0 Å². The Morgan fingerprint density at radius 3 is 1.69 bits per heavy atom. The number of hydrogen-bond acceptors (Lipinski definition) is 26. The highest BCUT2D eigenvalue weighted by molar-refractivity contribution is 6.08. The number of aliphatic hydroxyl groups is 1. The van der Waals surface area contributed by atoms with Gasteiger partial charge in [0.1, 0.15) is 12.7 Å². The molecule has 13 N–H and O–H groups in total. The first-order valence-corrected chi connectivity index (χ1v) is 19.2. The summed E-state index contributed by atoms with van der Waals surface area (Å²) in [4.78, 5) is 96.8. The molecule has 0 spiro atoms. The number of phenols is 11. The van der Waals surface area contributed by atoms with Crippen LogP contribution in [-0.4, -0.2) is 152 Å². The number of rotatable bonds is 4. The minimum Gasteiger partial charge on any atom is -0.504 e. The fourth-order valence-electron chi connectivity index (χ4n) is 8.04. The molecular weight excluding hydrogens is 924 g/mol. The summed E-state index contributed by atoms with van der Waals surface area (Å²) in [6.07, 6.45) is -16.3. The van der Waals surface area contributed by atoms with Crippen LogP contribution in [0.2, 0.25) is 0 Å². The van der Waals surface area contributed by atoms with E-state index in [1.54, 1.807) is 0 Å². The smallest absolute Gasteiger partial charge is 0.341 e. The molecule has 4 aliphatic rings. The van der Waals surface area contributed by atoms with Crippen LogP contribution in [0.1, 0.15) is 59.3 Å². The molecule has 27 heteroatoms. The zero-order valence-electron chi connectivity index (χ0n) is 33.4. The maximum atomic E-state index is 14.6. The van der Waals surface area contributed by atoms with E-state index in [1.807, 2.05) is 0 Å². The summed E-state index contributed by atoms with van der Waals surface area (Å²) in [6.45, 7) is -1.31. The van der Waals surface area contributed by atoms with E-state index in [1.165, 1.54) is 0 Å². The van der Waals surface area contributed by atoms with Crippen molar-refractivity contribution < 1.29 is 133 Å². The van der Waals surface area contributed by atoms with Gasteiger partial charge in [0.25, 0.3) is 0 Å². The van der Waals surface area contributed by atoms with Gasteiger partial charge in [-0.1, -0.05) is 0 Å². The number of cyclic esters (lactones) is 1. The second-order valence-corrected chi connectivity index (χ2v) is 15.2. The third-order valence-electron chi connectivity index (χ3n) is 11.2. The van der Waals surface area contributed by atoms with E-state index in [0.717, 1.165) is 0 Å². The van der Waals surface area contributed by atoms with E-state index in [2.05, 4.69) is 0 Å². The molecular formula is C41H30O27. The van der Waals surface area contributed by atoms with Crippen molar-refractivity contribution in [1.82, 2.24) is 0 Å². The van der Waals surface area contributed by atoms with Gasteiger partial charge < -0.3 is 99.5 Å². The first-order chi connectivity index (χ1) is 32.0. The largest absolute Gasteiger partial charge is 0.504 e. The molecule has 1 saturated heterocycles. The maximum absolute atomic E-state index is 14.6. The molecule has 0 saturated carbocycles. The topological polar surface area (TPSA) is 447 Å². The number of aliphatic hydroxyl groups excluding tert-OH is 1. The molecule has 4 bridgehead atoms. The van der Waals surface area contributed by atoms with Crippen molar-refractivity contribution >= 4 is 41.8 Å². The summed E-state index contributed by atoms with van der Waals surface area (Å²) in [5.41, 5.74) is -7.08. The number of aromatic hydroxyl groups is 11. The van der Waals surface area contributed by atoms with Crippen LogP contribution in [0, 0.1) is 5.92 Å². The maximum Gasteiger partial charge on any atom is 0.341 e. The third kappa shape index (κ3) is 7.31. The Bertz CT molecular complexity index is 2900. The van der Waals surface area contributed by atoms with Gasteiger partial charge in [-0.05, 0) is 30.3 Å². The summed E-state index contributed by atoms with van der Waals surface area (Å²) in [7, 11) is 0. The molecule has 4 aromatic rings. The monoisotopic (exact) mass is 954 g/mol. The quantitative estimate of drug-likeness (QED) is 0.0554. The van der Waals surface area contributed by atoms with Crippen LogP contribution >= 0.6 is 0 Å². The molecule has 4 heterocycles. The number of fused-ring (bicyclic) bond motifs is 3. The van der Waals surface area contributed by atoms with Crippen molar-refractivity contribution in [2.24, 2.45) is 5.92 Å². The Balaban J connectivity index is 1.39. The first kappa shape index (κ1) is 45.5. The molecule has 0 aromatic heterocycles. The highest BCUT2D eigenvalue weighted by atomic mass is 16.7. The summed E-state index contributed by atoms with van der Waals surface area (Å²) < 4.78 is 38.8. The van der Waals surface area contributed by atoms with Crippen LogP contribution in [0.25, 0.3) is 11.1 Å². The normalized spacial score (nSPS) is 24.3. The van der Waals surface area contributed by atoms with Crippen molar-refractivity contribution in [2.75, 3.05) is 6.61 Å². The minimum absolute atomic E-state index is 0.361. The molecule has 4 aliphatic heterocycles. The van der Waals surface area contributed by atoms with Crippen LogP contribution in [0.15, 0.2) is 30.3 Å². The minimum atomic E-state index is -2.58. The Kier molecular flexibility index (Phi) is 11.0. The lowest BCUT2D eigenvalue weighted by molar-refractivity contribution is -0.287. The molecule has 0 unspecified atom stereocenters. The standard InChI is InChI=1S/C41H30O27/c42-13-1-8(2-14(43)24(13)49)35(56)68-41-34-33-31(64-39(60)12(6-19(47)48)22-23-11(38(59)67-34)5-17(46)27(52)32(23)65-40(61)30(22)55)18(63-41)7-62-36(57)9-3-15(44)25(50)28(53)20(9)21-10(37(58)66-33)4-16(45)26(51)29(21)54/h1-5,12,18,22,30-31,33-34,41-46,49-55H,6-7H2,(H,47,48)/t12-,18-,22+,30-,31-,33+,34-,41+/m1/s1. The molecule has 0 amide bonds. The average Bonchev–Trinajstić information content (AvgIpc) is 3.28. The Morgan fingerprint density at radius 2 is 1.10 bits per heavy atom. The van der Waals surface area contributed by atoms with Crippen molar-refractivity contribution in [1.29, 1.82) is 0 Å². The lowest BCUT2D eigenvalue weighted by Gasteiger charge is -2.44. The molecule has 8 rings (SSSR count). The molecule has 8 atom stereocenters. The average molecular weight is 955 g/mol. The summed E-state index contributed by atoms with van der Waals surface area (Å²) in [5.74, 6) is -32.0.